The van der Waals surface area contributed by atoms with E-state index in [9.17, 15) is 9.59 Å². The molecule has 0 bridgehead atoms. The monoisotopic (exact) mass is 501 g/mol. The number of aliphatic hydroxyl groups is 1. The van der Waals surface area contributed by atoms with E-state index in [1.807, 2.05) is 0 Å². The van der Waals surface area contributed by atoms with Crippen molar-refractivity contribution in [2.45, 2.75) is 19.9 Å². The predicted molar refractivity (Wildman–Crippen MR) is 130 cm³/mol. The van der Waals surface area contributed by atoms with Crippen LogP contribution in [0.3, 0.4) is 0 Å². The van der Waals surface area contributed by atoms with Crippen molar-refractivity contribution in [1.82, 2.24) is 0 Å². The van der Waals surface area contributed by atoms with Crippen LogP contribution in [-0.2, 0) is 14.3 Å². The Balaban J connectivity index is 2.27. The SMILES string of the molecule is CCOC(=O)C(Nc1ccc(C=NC(=O)OCC#CN)cc1)c1cc(OCC)c(OCCO)cc1F. The minimum atomic E-state index is -1.20. The number of benzene rings is 2. The van der Waals surface area contributed by atoms with E-state index in [4.69, 9.17) is 29.8 Å². The lowest BCUT2D eigenvalue weighted by molar-refractivity contribution is -0.144. The molecule has 2 aromatic carbocycles. The Morgan fingerprint density at radius 2 is 1.86 bits per heavy atom. The lowest BCUT2D eigenvalue weighted by atomic mass is 10.0. The van der Waals surface area contributed by atoms with E-state index in [1.165, 1.54) is 12.3 Å². The number of hydrogen-bond donors (Lipinski definition) is 3. The molecule has 0 saturated carbocycles. The van der Waals surface area contributed by atoms with Crippen LogP contribution in [0.5, 0.6) is 11.5 Å². The van der Waals surface area contributed by atoms with Gasteiger partial charge in [-0.25, -0.2) is 14.0 Å². The highest BCUT2D eigenvalue weighted by Gasteiger charge is 2.27. The van der Waals surface area contributed by atoms with Gasteiger partial charge in [0.25, 0.3) is 0 Å². The smallest absolute Gasteiger partial charge is 0.434 e. The van der Waals surface area contributed by atoms with Gasteiger partial charge in [-0.2, -0.15) is 4.99 Å². The summed E-state index contributed by atoms with van der Waals surface area (Å²) >= 11 is 0. The third-order valence-corrected chi connectivity index (χ3v) is 4.46. The normalized spacial score (nSPS) is 11.2. The van der Waals surface area contributed by atoms with Crippen molar-refractivity contribution in [1.29, 1.82) is 0 Å². The topological polar surface area (TPSA) is 142 Å². The van der Waals surface area contributed by atoms with Crippen LogP contribution in [0.25, 0.3) is 0 Å². The molecule has 1 atom stereocenters. The Labute approximate surface area is 208 Å². The molecule has 1 amide bonds. The minimum absolute atomic E-state index is 0.0118. The Bertz CT molecular complexity index is 1110. The number of halogens is 1. The Kier molecular flexibility index (Phi) is 11.5. The molecule has 0 aliphatic carbocycles. The van der Waals surface area contributed by atoms with Crippen molar-refractivity contribution in [2.24, 2.45) is 10.7 Å². The minimum Gasteiger partial charge on any atom is -0.490 e. The maximum atomic E-state index is 15.1. The van der Waals surface area contributed by atoms with Crippen molar-refractivity contribution < 1.29 is 38.0 Å². The maximum absolute atomic E-state index is 15.1. The fraction of sp³-hybridized carbons (Fsp3) is 0.320. The van der Waals surface area contributed by atoms with Crippen LogP contribution >= 0.6 is 0 Å². The Morgan fingerprint density at radius 1 is 1.14 bits per heavy atom. The third kappa shape index (κ3) is 8.48. The third-order valence-electron chi connectivity index (χ3n) is 4.46. The maximum Gasteiger partial charge on any atom is 0.434 e. The van der Waals surface area contributed by atoms with E-state index in [1.54, 1.807) is 38.1 Å². The van der Waals surface area contributed by atoms with E-state index < -0.39 is 23.9 Å². The van der Waals surface area contributed by atoms with Crippen molar-refractivity contribution in [3.05, 3.63) is 53.3 Å². The van der Waals surface area contributed by atoms with Gasteiger partial charge in [0.05, 0.1) is 19.8 Å². The quantitative estimate of drug-likeness (QED) is 0.173. The molecule has 1 unspecified atom stereocenters. The zero-order chi connectivity index (χ0) is 26.3. The highest BCUT2D eigenvalue weighted by molar-refractivity contribution is 5.89. The van der Waals surface area contributed by atoms with Crippen LogP contribution in [0.1, 0.15) is 31.0 Å². The molecular formula is C25H28FN3O7. The van der Waals surface area contributed by atoms with Crippen LogP contribution in [0.2, 0.25) is 0 Å². The summed E-state index contributed by atoms with van der Waals surface area (Å²) in [6.45, 7) is 3.29. The van der Waals surface area contributed by atoms with Gasteiger partial charge >= 0.3 is 12.1 Å². The average Bonchev–Trinajstić information content (AvgIpc) is 2.87. The number of aliphatic imine (C=N–C) groups is 1. The number of rotatable bonds is 12. The van der Waals surface area contributed by atoms with Crippen molar-refractivity contribution in [2.75, 3.05) is 38.4 Å². The molecular weight excluding hydrogens is 473 g/mol. The number of amides is 1. The number of carbonyl (C=O) groups excluding carboxylic acids is 2. The molecule has 2 aromatic rings. The fourth-order valence-electron chi connectivity index (χ4n) is 2.93. The molecule has 0 aliphatic rings. The van der Waals surface area contributed by atoms with Gasteiger partial charge in [0.15, 0.2) is 24.1 Å². The fourth-order valence-corrected chi connectivity index (χ4v) is 2.93. The molecule has 0 aliphatic heterocycles. The zero-order valence-corrected chi connectivity index (χ0v) is 20.0. The van der Waals surface area contributed by atoms with Gasteiger partial charge in [-0.1, -0.05) is 12.1 Å². The molecule has 0 radical (unpaired) electrons. The largest absolute Gasteiger partial charge is 0.490 e. The Hall–Kier alpha value is -4.30. The summed E-state index contributed by atoms with van der Waals surface area (Å²) < 4.78 is 35.8. The van der Waals surface area contributed by atoms with Gasteiger partial charge in [-0.3, -0.25) is 0 Å². The second kappa shape index (κ2) is 14.9. The summed E-state index contributed by atoms with van der Waals surface area (Å²) in [6.07, 6.45) is 0.471. The second-order valence-electron chi connectivity index (χ2n) is 6.91. The molecule has 36 heavy (non-hydrogen) atoms. The number of anilines is 1. The molecule has 0 fully saturated rings. The highest BCUT2D eigenvalue weighted by Crippen LogP contribution is 2.34. The molecule has 10 nitrogen and oxygen atoms in total. The number of nitrogens with one attached hydrogen (secondary N) is 1. The predicted octanol–water partition coefficient (Wildman–Crippen LogP) is 2.79. The summed E-state index contributed by atoms with van der Waals surface area (Å²) in [5.74, 6) is 1.27. The average molecular weight is 502 g/mol. The number of hydrogen-bond acceptors (Lipinski definition) is 9. The van der Waals surface area contributed by atoms with E-state index >= 15 is 4.39 Å². The van der Waals surface area contributed by atoms with Gasteiger partial charge in [-0.15, -0.1) is 0 Å². The number of carbonyl (C=O) groups is 2. The van der Waals surface area contributed by atoms with Crippen LogP contribution in [0.4, 0.5) is 14.9 Å². The zero-order valence-electron chi connectivity index (χ0n) is 20.0. The van der Waals surface area contributed by atoms with Gasteiger partial charge in [-0.05, 0) is 43.5 Å². The lowest BCUT2D eigenvalue weighted by Crippen LogP contribution is -2.24. The summed E-state index contributed by atoms with van der Waals surface area (Å²) in [5.41, 5.74) is 6.03. The van der Waals surface area contributed by atoms with Crippen LogP contribution < -0.4 is 20.5 Å². The molecule has 192 valence electrons. The first-order chi connectivity index (χ1) is 17.4. The summed E-state index contributed by atoms with van der Waals surface area (Å²) in [7, 11) is 0. The molecule has 0 saturated heterocycles. The molecule has 0 aromatic heterocycles. The highest BCUT2D eigenvalue weighted by atomic mass is 19.1. The van der Waals surface area contributed by atoms with E-state index in [0.717, 1.165) is 6.07 Å². The number of esters is 1. The number of ether oxygens (including phenoxy) is 4. The molecule has 2 rings (SSSR count). The molecule has 11 heteroatoms. The first kappa shape index (κ1) is 27.9. The van der Waals surface area contributed by atoms with Crippen LogP contribution in [-0.4, -0.2) is 56.4 Å². The van der Waals surface area contributed by atoms with Crippen LogP contribution in [0.15, 0.2) is 41.4 Å². The first-order valence-corrected chi connectivity index (χ1v) is 11.1. The molecule has 4 N–H and O–H groups in total. The van der Waals surface area contributed by atoms with E-state index in [2.05, 4.69) is 22.3 Å². The van der Waals surface area contributed by atoms with Gasteiger partial charge < -0.3 is 35.1 Å². The lowest BCUT2D eigenvalue weighted by Gasteiger charge is -2.21. The second-order valence-corrected chi connectivity index (χ2v) is 6.91. The van der Waals surface area contributed by atoms with Gasteiger partial charge in [0.2, 0.25) is 0 Å². The molecule has 0 spiro atoms. The summed E-state index contributed by atoms with van der Waals surface area (Å²) in [6, 6.07) is 9.88. The van der Waals surface area contributed by atoms with Crippen molar-refractivity contribution >= 4 is 24.0 Å². The van der Waals surface area contributed by atoms with Crippen molar-refractivity contribution in [3.63, 3.8) is 0 Å². The number of nitrogens with two attached hydrogens (primary N) is 1. The molecule has 0 heterocycles. The summed E-state index contributed by atoms with van der Waals surface area (Å²) in [5, 5.41) is 12.0. The van der Waals surface area contributed by atoms with E-state index in [-0.39, 0.29) is 50.1 Å². The number of aliphatic hydroxyl groups excluding tert-OH is 1. The summed E-state index contributed by atoms with van der Waals surface area (Å²) in [4.78, 5) is 27.9. The van der Waals surface area contributed by atoms with Crippen molar-refractivity contribution in [3.8, 4) is 23.5 Å². The van der Waals surface area contributed by atoms with Gasteiger partial charge in [0, 0.05) is 29.6 Å². The standard InChI is InChI=1S/C25H28FN3O7/c1-3-33-21-14-19(20(26)15-22(21)35-13-11-30)23(24(31)34-4-2)29-18-8-6-17(7-9-18)16-28-25(32)36-12-5-10-27/h6-9,14-16,23,29-30H,3-4,11-13,27H2,1-2H3. The number of nitrogens with zero attached hydrogens (tertiary/aromatic N) is 1. The first-order valence-electron chi connectivity index (χ1n) is 11.1. The van der Waals surface area contributed by atoms with Crippen LogP contribution in [0, 0.1) is 17.8 Å². The van der Waals surface area contributed by atoms with Gasteiger partial charge in [0.1, 0.15) is 12.4 Å². The van der Waals surface area contributed by atoms with E-state index in [0.29, 0.717) is 11.3 Å². The Morgan fingerprint density at radius 3 is 2.50 bits per heavy atom.